The summed E-state index contributed by atoms with van der Waals surface area (Å²) >= 11 is 1.65. The molecule has 0 aliphatic rings. The molecule has 1 heterocycles. The summed E-state index contributed by atoms with van der Waals surface area (Å²) in [7, 11) is 1.60. The zero-order valence-electron chi connectivity index (χ0n) is 17.7. The minimum absolute atomic E-state index is 0.117. The monoisotopic (exact) mass is 412 g/mol. The molecule has 1 unspecified atom stereocenters. The first kappa shape index (κ1) is 21.5. The summed E-state index contributed by atoms with van der Waals surface area (Å²) in [5.74, 6) is 0.457. The van der Waals surface area contributed by atoms with Crippen LogP contribution in [0.4, 0.5) is 4.39 Å². The van der Waals surface area contributed by atoms with Crippen LogP contribution in [0.3, 0.4) is 0 Å². The molecule has 0 radical (unpaired) electrons. The molecular weight excluding hydrogens is 383 g/mol. The van der Waals surface area contributed by atoms with E-state index < -0.39 is 0 Å². The van der Waals surface area contributed by atoms with Gasteiger partial charge in [0.2, 0.25) is 0 Å². The van der Waals surface area contributed by atoms with Crippen molar-refractivity contribution < 1.29 is 13.9 Å². The Morgan fingerprint density at radius 3 is 2.62 bits per heavy atom. The fourth-order valence-electron chi connectivity index (χ4n) is 4.15. The van der Waals surface area contributed by atoms with Gasteiger partial charge in [-0.25, -0.2) is 4.39 Å². The number of benzene rings is 2. The summed E-state index contributed by atoms with van der Waals surface area (Å²) < 4.78 is 27.3. The van der Waals surface area contributed by atoms with Gasteiger partial charge >= 0.3 is 0 Å². The van der Waals surface area contributed by atoms with E-state index in [2.05, 4.69) is 38.6 Å². The van der Waals surface area contributed by atoms with Crippen molar-refractivity contribution in [1.82, 2.24) is 0 Å². The average Bonchev–Trinajstić information content (AvgIpc) is 3.10. The zero-order valence-corrected chi connectivity index (χ0v) is 18.5. The van der Waals surface area contributed by atoms with Crippen LogP contribution in [0.25, 0.3) is 20.5 Å². The van der Waals surface area contributed by atoms with Crippen molar-refractivity contribution >= 4 is 21.4 Å². The quantitative estimate of drug-likeness (QED) is 0.265. The fraction of sp³-hybridized carbons (Fsp3) is 0.360. The van der Waals surface area contributed by atoms with Crippen LogP contribution in [0, 0.1) is 5.82 Å². The Balaban J connectivity index is 2.24. The van der Waals surface area contributed by atoms with Gasteiger partial charge in [0.1, 0.15) is 11.6 Å². The Bertz CT molecular complexity index is 974. The highest BCUT2D eigenvalue weighted by Crippen LogP contribution is 2.47. The van der Waals surface area contributed by atoms with Gasteiger partial charge in [0.05, 0.1) is 0 Å². The van der Waals surface area contributed by atoms with Crippen LogP contribution in [0.2, 0.25) is 0 Å². The zero-order chi connectivity index (χ0) is 21.0. The minimum atomic E-state index is -0.267. The SMILES string of the molecule is C=C(C)CC(C)(CCC)c1cc(F)cc(-c2cc3ccccc3s2)c1OCOC. The van der Waals surface area contributed by atoms with Gasteiger partial charge in [-0.15, -0.1) is 17.9 Å². The summed E-state index contributed by atoms with van der Waals surface area (Å²) in [5.41, 5.74) is 2.47. The third-order valence-corrected chi connectivity index (χ3v) is 6.36. The van der Waals surface area contributed by atoms with E-state index in [1.807, 2.05) is 19.1 Å². The molecule has 0 aliphatic heterocycles. The van der Waals surface area contributed by atoms with E-state index in [9.17, 15) is 4.39 Å². The van der Waals surface area contributed by atoms with Gasteiger partial charge in [0, 0.05) is 27.8 Å². The number of halogens is 1. The topological polar surface area (TPSA) is 18.5 Å². The number of ether oxygens (including phenoxy) is 2. The van der Waals surface area contributed by atoms with Gasteiger partial charge in [-0.1, -0.05) is 44.0 Å². The van der Waals surface area contributed by atoms with Crippen molar-refractivity contribution in [1.29, 1.82) is 0 Å². The average molecular weight is 413 g/mol. The number of methoxy groups -OCH3 is 1. The lowest BCUT2D eigenvalue weighted by atomic mass is 9.73. The molecule has 0 spiro atoms. The summed E-state index contributed by atoms with van der Waals surface area (Å²) in [4.78, 5) is 0.993. The van der Waals surface area contributed by atoms with Gasteiger partial charge < -0.3 is 9.47 Å². The standard InChI is InChI=1S/C25H29FO2S/c1-6-11-25(4,15-17(2)3)21-14-19(26)13-20(24(21)28-16-27-5)23-12-18-9-7-8-10-22(18)29-23/h7-10,12-14H,2,6,11,15-16H2,1,3-5H3. The summed E-state index contributed by atoms with van der Waals surface area (Å²) in [5, 5.41) is 1.15. The third-order valence-electron chi connectivity index (χ3n) is 5.21. The number of rotatable bonds is 9. The van der Waals surface area contributed by atoms with Crippen LogP contribution < -0.4 is 4.74 Å². The highest BCUT2D eigenvalue weighted by molar-refractivity contribution is 7.22. The maximum absolute atomic E-state index is 14.9. The number of hydrogen-bond donors (Lipinski definition) is 0. The fourth-order valence-corrected chi connectivity index (χ4v) is 5.22. The van der Waals surface area contributed by atoms with Crippen molar-refractivity contribution in [3.05, 3.63) is 66.0 Å². The molecule has 4 heteroatoms. The molecule has 0 saturated carbocycles. The van der Waals surface area contributed by atoms with E-state index in [0.29, 0.717) is 5.75 Å². The van der Waals surface area contributed by atoms with Crippen LogP contribution in [-0.4, -0.2) is 13.9 Å². The molecule has 1 atom stereocenters. The van der Waals surface area contributed by atoms with Crippen LogP contribution in [0.15, 0.2) is 54.6 Å². The first-order valence-electron chi connectivity index (χ1n) is 9.97. The van der Waals surface area contributed by atoms with Gasteiger partial charge in [-0.2, -0.15) is 0 Å². The van der Waals surface area contributed by atoms with Crippen LogP contribution in [-0.2, 0) is 10.2 Å². The molecule has 0 saturated heterocycles. The molecule has 2 aromatic carbocycles. The second-order valence-electron chi connectivity index (χ2n) is 7.97. The predicted octanol–water partition coefficient (Wildman–Crippen LogP) is 7.71. The molecule has 3 aromatic rings. The molecule has 3 rings (SSSR count). The van der Waals surface area contributed by atoms with E-state index in [0.717, 1.165) is 46.2 Å². The van der Waals surface area contributed by atoms with Gasteiger partial charge in [-0.05, 0) is 54.8 Å². The molecule has 0 amide bonds. The lowest BCUT2D eigenvalue weighted by Crippen LogP contribution is -2.24. The van der Waals surface area contributed by atoms with Crippen molar-refractivity contribution in [3.8, 4) is 16.2 Å². The second kappa shape index (κ2) is 9.10. The molecule has 29 heavy (non-hydrogen) atoms. The number of fused-ring (bicyclic) bond motifs is 1. The van der Waals surface area contributed by atoms with Gasteiger partial charge in [0.25, 0.3) is 0 Å². The van der Waals surface area contributed by atoms with Crippen LogP contribution in [0.1, 0.15) is 45.6 Å². The minimum Gasteiger partial charge on any atom is -0.467 e. The van der Waals surface area contributed by atoms with Crippen molar-refractivity contribution in [3.63, 3.8) is 0 Å². The first-order valence-corrected chi connectivity index (χ1v) is 10.8. The molecule has 0 aliphatic carbocycles. The third kappa shape index (κ3) is 4.71. The molecule has 1 aromatic heterocycles. The summed E-state index contributed by atoms with van der Waals surface area (Å²) in [6.45, 7) is 10.6. The van der Waals surface area contributed by atoms with E-state index >= 15 is 0 Å². The van der Waals surface area contributed by atoms with Gasteiger partial charge in [-0.3, -0.25) is 0 Å². The van der Waals surface area contributed by atoms with Crippen molar-refractivity contribution in [2.45, 2.75) is 45.4 Å². The number of allylic oxidation sites excluding steroid dienone is 1. The molecule has 0 bridgehead atoms. The van der Waals surface area contributed by atoms with E-state index in [1.165, 1.54) is 4.70 Å². The number of thiophene rings is 1. The molecule has 0 fully saturated rings. The smallest absolute Gasteiger partial charge is 0.188 e. The lowest BCUT2D eigenvalue weighted by molar-refractivity contribution is 0.0498. The normalized spacial score (nSPS) is 13.4. The van der Waals surface area contributed by atoms with E-state index in [1.54, 1.807) is 30.6 Å². The maximum atomic E-state index is 14.9. The first-order chi connectivity index (χ1) is 13.9. The summed E-state index contributed by atoms with van der Waals surface area (Å²) in [6.07, 6.45) is 2.68. The Morgan fingerprint density at radius 1 is 1.21 bits per heavy atom. The maximum Gasteiger partial charge on any atom is 0.188 e. The molecule has 154 valence electrons. The summed E-state index contributed by atoms with van der Waals surface area (Å²) in [6, 6.07) is 13.5. The lowest BCUT2D eigenvalue weighted by Gasteiger charge is -2.33. The Kier molecular flexibility index (Phi) is 6.76. The molecule has 0 N–H and O–H groups in total. The van der Waals surface area contributed by atoms with Gasteiger partial charge in [0.15, 0.2) is 6.79 Å². The largest absolute Gasteiger partial charge is 0.467 e. The van der Waals surface area contributed by atoms with Crippen molar-refractivity contribution in [2.75, 3.05) is 13.9 Å². The van der Waals surface area contributed by atoms with E-state index in [4.69, 9.17) is 9.47 Å². The number of hydrogen-bond acceptors (Lipinski definition) is 3. The predicted molar refractivity (Wildman–Crippen MR) is 121 cm³/mol. The molecule has 2 nitrogen and oxygen atoms in total. The highest BCUT2D eigenvalue weighted by atomic mass is 32.1. The second-order valence-corrected chi connectivity index (χ2v) is 9.06. The molecular formula is C25H29FO2S. The Labute approximate surface area is 177 Å². The van der Waals surface area contributed by atoms with E-state index in [-0.39, 0.29) is 18.0 Å². The highest BCUT2D eigenvalue weighted by Gasteiger charge is 2.32. The van der Waals surface area contributed by atoms with Crippen LogP contribution in [0.5, 0.6) is 5.75 Å². The van der Waals surface area contributed by atoms with Crippen LogP contribution >= 0.6 is 11.3 Å². The Hall–Kier alpha value is -2.17. The van der Waals surface area contributed by atoms with Crippen molar-refractivity contribution in [2.24, 2.45) is 0 Å². The Morgan fingerprint density at radius 2 is 1.97 bits per heavy atom.